The Morgan fingerprint density at radius 1 is 0.309 bits per heavy atom. The molecule has 316 valence electrons. The standard InChI is InChI=1S/C59H36Ge2N4O3/c1-5-17-37(18-6-1)60(38-19-7-2-8-20-38)41-25-13-29-47-53(41)64-55-49(67-47)33-31-45-51(55)59(62-35-15-27-43(60)57(62)64)52-46(66-45)32-34-50-56(52)65-54-42(26-14-30-48(54)68-50)61(39-21-9-3-10-22-39,40-23-11-4-12-24-40)44-28-16-36-63(59)58(44)65/h1-36H/q+2. The number of anilines is 6. The van der Waals surface area contributed by atoms with Crippen molar-refractivity contribution in [2.75, 3.05) is 9.80 Å². The fourth-order valence-corrected chi connectivity index (χ4v) is 35.2. The molecule has 7 aliphatic rings. The summed E-state index contributed by atoms with van der Waals surface area (Å²) in [7, 11) is 0. The second-order valence-corrected chi connectivity index (χ2v) is 34.4. The quantitative estimate of drug-likeness (QED) is 0.143. The number of hydrogen-bond acceptors (Lipinski definition) is 5. The summed E-state index contributed by atoms with van der Waals surface area (Å²) in [5.41, 5.74) is 5.35. The molecule has 0 atom stereocenters. The van der Waals surface area contributed by atoms with Gasteiger partial charge in [0.15, 0.2) is 0 Å². The molecule has 0 N–H and O–H groups in total. The molecule has 0 bridgehead atoms. The molecule has 0 aliphatic carbocycles. The Bertz CT molecular complexity index is 3590. The van der Waals surface area contributed by atoms with Gasteiger partial charge in [-0.2, -0.15) is 0 Å². The van der Waals surface area contributed by atoms with Crippen LogP contribution in [-0.2, 0) is 5.66 Å². The molecule has 7 aliphatic heterocycles. The van der Waals surface area contributed by atoms with Crippen LogP contribution in [0.15, 0.2) is 219 Å². The molecule has 68 heavy (non-hydrogen) atoms. The summed E-state index contributed by atoms with van der Waals surface area (Å²) >= 11 is -7.87. The molecule has 1 spiro atoms. The van der Waals surface area contributed by atoms with Crippen LogP contribution in [-0.4, -0.2) is 26.5 Å². The average Bonchev–Trinajstić information content (AvgIpc) is 3.41. The molecular weight excluding hydrogens is 958 g/mol. The molecule has 0 saturated carbocycles. The molecule has 0 radical (unpaired) electrons. The maximum absolute atomic E-state index is 7.30. The van der Waals surface area contributed by atoms with Crippen molar-refractivity contribution in [1.82, 2.24) is 0 Å². The average molecular weight is 994 g/mol. The third-order valence-corrected chi connectivity index (χ3v) is 36.1. The van der Waals surface area contributed by atoms with E-state index < -0.39 is 32.2 Å². The minimum atomic E-state index is -3.94. The monoisotopic (exact) mass is 996 g/mol. The summed E-state index contributed by atoms with van der Waals surface area (Å²) in [5.74, 6) is 7.27. The number of pyridine rings is 2. The Morgan fingerprint density at radius 3 is 1.04 bits per heavy atom. The van der Waals surface area contributed by atoms with Crippen molar-refractivity contribution < 1.29 is 23.3 Å². The number of nitrogens with zero attached hydrogens (tertiary/aromatic N) is 4. The van der Waals surface area contributed by atoms with Gasteiger partial charge in [0.2, 0.25) is 0 Å². The van der Waals surface area contributed by atoms with Crippen LogP contribution in [0, 0.1) is 0 Å². The zero-order valence-electron chi connectivity index (χ0n) is 36.3. The fourth-order valence-electron chi connectivity index (χ4n) is 13.7. The first-order valence-corrected chi connectivity index (χ1v) is 31.7. The summed E-state index contributed by atoms with van der Waals surface area (Å²) < 4.78 is 38.0. The van der Waals surface area contributed by atoms with Gasteiger partial charge in [0.05, 0.1) is 0 Å². The van der Waals surface area contributed by atoms with Crippen LogP contribution >= 0.6 is 0 Å². The number of ether oxygens (including phenoxy) is 3. The first-order valence-electron chi connectivity index (χ1n) is 23.3. The topological polar surface area (TPSA) is 41.9 Å². The third kappa shape index (κ3) is 3.85. The van der Waals surface area contributed by atoms with Gasteiger partial charge >= 0.3 is 399 Å². The van der Waals surface area contributed by atoms with E-state index in [1.54, 1.807) is 0 Å². The third-order valence-electron chi connectivity index (χ3n) is 16.0. The van der Waals surface area contributed by atoms with Gasteiger partial charge in [0, 0.05) is 0 Å². The Kier molecular flexibility index (Phi) is 6.60. The van der Waals surface area contributed by atoms with Crippen molar-refractivity contribution >= 4 is 96.1 Å². The molecule has 10 aromatic rings. The molecule has 0 unspecified atom stereocenters. The molecular formula is C59H36Ge2N4O3+2. The van der Waals surface area contributed by atoms with Crippen molar-refractivity contribution in [2.24, 2.45) is 0 Å². The van der Waals surface area contributed by atoms with E-state index in [1.807, 2.05) is 0 Å². The first kappa shape index (κ1) is 36.3. The molecule has 8 aromatic carbocycles. The number of hydrogen-bond donors (Lipinski definition) is 0. The molecule has 0 amide bonds. The van der Waals surface area contributed by atoms with Crippen LogP contribution in [0.25, 0.3) is 0 Å². The summed E-state index contributed by atoms with van der Waals surface area (Å²) in [6.07, 6.45) is 4.69. The normalized spacial score (nSPS) is 16.6. The van der Waals surface area contributed by atoms with Crippen LogP contribution in [0.2, 0.25) is 0 Å². The molecule has 0 fully saturated rings. The van der Waals surface area contributed by atoms with E-state index in [9.17, 15) is 0 Å². The van der Waals surface area contributed by atoms with Crippen LogP contribution in [0.3, 0.4) is 0 Å². The van der Waals surface area contributed by atoms with E-state index in [-0.39, 0.29) is 0 Å². The van der Waals surface area contributed by atoms with Crippen LogP contribution in [0.5, 0.6) is 34.5 Å². The molecule has 9 heterocycles. The van der Waals surface area contributed by atoms with Gasteiger partial charge in [-0.05, 0) is 0 Å². The van der Waals surface area contributed by atoms with Crippen molar-refractivity contribution in [3.05, 3.63) is 230 Å². The van der Waals surface area contributed by atoms with E-state index in [0.717, 1.165) is 80.0 Å². The summed E-state index contributed by atoms with van der Waals surface area (Å²) in [4.78, 5) is 5.09. The number of para-hydroxylation sites is 2. The van der Waals surface area contributed by atoms with Gasteiger partial charge in [-0.3, -0.25) is 0 Å². The Hall–Kier alpha value is -7.85. The van der Waals surface area contributed by atoms with Crippen molar-refractivity contribution in [3.63, 3.8) is 0 Å². The Morgan fingerprint density at radius 2 is 0.647 bits per heavy atom. The summed E-state index contributed by atoms with van der Waals surface area (Å²) in [6, 6.07) is 76.8. The van der Waals surface area contributed by atoms with E-state index in [0.29, 0.717) is 0 Å². The van der Waals surface area contributed by atoms with Crippen molar-refractivity contribution in [1.29, 1.82) is 0 Å². The molecule has 17 rings (SSSR count). The molecule has 2 aromatic heterocycles. The second kappa shape index (κ2) is 12.4. The number of aromatic nitrogens is 2. The van der Waals surface area contributed by atoms with Crippen LogP contribution in [0.4, 0.5) is 34.4 Å². The van der Waals surface area contributed by atoms with Gasteiger partial charge in [0.25, 0.3) is 0 Å². The number of rotatable bonds is 4. The van der Waals surface area contributed by atoms with Crippen molar-refractivity contribution in [3.8, 4) is 34.5 Å². The molecule has 0 saturated heterocycles. The van der Waals surface area contributed by atoms with Gasteiger partial charge in [0.1, 0.15) is 0 Å². The van der Waals surface area contributed by atoms with Gasteiger partial charge < -0.3 is 0 Å². The first-order chi connectivity index (χ1) is 33.7. The van der Waals surface area contributed by atoms with Crippen LogP contribution < -0.4 is 68.3 Å². The SMILES string of the molecule is c1cc[c]([Ge]2([c]3ccccc3)[c]3cccc4c3N3c5c(ccc6c5C5(c7c(ccc8c7N7c9c(ccc[c]9[Ge]([c]9ccccc9)([c]9ccccc9)[c]9ccc[n+]5c97)O8)O6)[n+]5ccc[c]2c53)O4)cc1. The zero-order chi connectivity index (χ0) is 44.1. The summed E-state index contributed by atoms with van der Waals surface area (Å²) in [6.45, 7) is 0. The molecule has 7 nitrogen and oxygen atoms in total. The van der Waals surface area contributed by atoms with Gasteiger partial charge in [-0.25, -0.2) is 0 Å². The predicted octanol–water partition coefficient (Wildman–Crippen LogP) is 6.82. The van der Waals surface area contributed by atoms with E-state index in [4.69, 9.17) is 14.2 Å². The predicted molar refractivity (Wildman–Crippen MR) is 269 cm³/mol. The minimum absolute atomic E-state index is 0.805. The van der Waals surface area contributed by atoms with E-state index in [1.165, 1.54) is 35.2 Å². The Labute approximate surface area is 396 Å². The maximum atomic E-state index is 7.30. The van der Waals surface area contributed by atoms with Crippen molar-refractivity contribution in [2.45, 2.75) is 5.66 Å². The zero-order valence-corrected chi connectivity index (χ0v) is 40.5. The van der Waals surface area contributed by atoms with E-state index >= 15 is 0 Å². The Balaban J connectivity index is 1.10. The number of benzene rings is 8. The van der Waals surface area contributed by atoms with E-state index in [2.05, 4.69) is 238 Å². The van der Waals surface area contributed by atoms with Crippen LogP contribution in [0.1, 0.15) is 11.1 Å². The van der Waals surface area contributed by atoms with Gasteiger partial charge in [-0.1, -0.05) is 0 Å². The summed E-state index contributed by atoms with van der Waals surface area (Å²) in [5, 5.41) is 0. The van der Waals surface area contributed by atoms with Gasteiger partial charge in [-0.15, -0.1) is 0 Å². The molecule has 9 heteroatoms. The second-order valence-electron chi connectivity index (χ2n) is 18.7. The fraction of sp³-hybridized carbons (Fsp3) is 0.0169.